The van der Waals surface area contributed by atoms with Gasteiger partial charge in [-0.15, -0.1) is 0 Å². The fraction of sp³-hybridized carbons (Fsp3) is 0.556. The Morgan fingerprint density at radius 1 is 1.42 bits per heavy atom. The molecule has 2 aliphatic rings. The van der Waals surface area contributed by atoms with Crippen LogP contribution in [-0.4, -0.2) is 49.0 Å². The maximum atomic E-state index is 12.2. The number of anilines is 1. The molecule has 0 saturated carbocycles. The summed E-state index contributed by atoms with van der Waals surface area (Å²) in [6, 6.07) is 5.74. The molecule has 1 aromatic rings. The SMILES string of the molecule is C[C@@H]1CCCCN1CCCNC(=O)c1ccc2c(c1)OCC(=O)N2. The van der Waals surface area contributed by atoms with Crippen LogP contribution in [0.1, 0.15) is 43.0 Å². The van der Waals surface area contributed by atoms with E-state index in [9.17, 15) is 9.59 Å². The summed E-state index contributed by atoms with van der Waals surface area (Å²) < 4.78 is 5.34. The Hall–Kier alpha value is -2.08. The Kier molecular flexibility index (Phi) is 5.35. The molecule has 0 radical (unpaired) electrons. The largest absolute Gasteiger partial charge is 0.482 e. The summed E-state index contributed by atoms with van der Waals surface area (Å²) in [4.78, 5) is 26.0. The second-order valence-corrected chi connectivity index (χ2v) is 6.54. The van der Waals surface area contributed by atoms with Gasteiger partial charge in [0.05, 0.1) is 5.69 Å². The van der Waals surface area contributed by atoms with Gasteiger partial charge in [0.15, 0.2) is 6.61 Å². The Morgan fingerprint density at radius 3 is 3.12 bits per heavy atom. The lowest BCUT2D eigenvalue weighted by atomic mass is 10.0. The van der Waals surface area contributed by atoms with Crippen LogP contribution >= 0.6 is 0 Å². The zero-order valence-corrected chi connectivity index (χ0v) is 14.1. The van der Waals surface area contributed by atoms with Gasteiger partial charge in [-0.1, -0.05) is 6.42 Å². The molecule has 6 heteroatoms. The minimum atomic E-state index is -0.174. The van der Waals surface area contributed by atoms with E-state index in [4.69, 9.17) is 4.74 Å². The van der Waals surface area contributed by atoms with Crippen LogP contribution in [0, 0.1) is 0 Å². The van der Waals surface area contributed by atoms with Gasteiger partial charge < -0.3 is 20.3 Å². The van der Waals surface area contributed by atoms with Crippen molar-refractivity contribution in [3.63, 3.8) is 0 Å². The van der Waals surface area contributed by atoms with Gasteiger partial charge in [-0.2, -0.15) is 0 Å². The van der Waals surface area contributed by atoms with E-state index in [0.29, 0.717) is 29.6 Å². The Balaban J connectivity index is 1.46. The number of fused-ring (bicyclic) bond motifs is 1. The van der Waals surface area contributed by atoms with Gasteiger partial charge >= 0.3 is 0 Å². The minimum Gasteiger partial charge on any atom is -0.482 e. The number of rotatable bonds is 5. The molecular formula is C18H25N3O3. The van der Waals surface area contributed by atoms with Crippen LogP contribution in [0.4, 0.5) is 5.69 Å². The number of amides is 2. The lowest BCUT2D eigenvalue weighted by molar-refractivity contribution is -0.118. The average molecular weight is 331 g/mol. The lowest BCUT2D eigenvalue weighted by Gasteiger charge is -2.33. The van der Waals surface area contributed by atoms with Crippen LogP contribution in [0.15, 0.2) is 18.2 Å². The molecule has 3 rings (SSSR count). The molecule has 1 aromatic carbocycles. The molecule has 2 heterocycles. The monoisotopic (exact) mass is 331 g/mol. The van der Waals surface area contributed by atoms with Crippen molar-refractivity contribution in [2.75, 3.05) is 31.6 Å². The molecule has 6 nitrogen and oxygen atoms in total. The Labute approximate surface area is 142 Å². The number of benzene rings is 1. The highest BCUT2D eigenvalue weighted by atomic mass is 16.5. The number of nitrogens with zero attached hydrogens (tertiary/aromatic N) is 1. The molecule has 1 fully saturated rings. The first-order valence-electron chi connectivity index (χ1n) is 8.72. The predicted molar refractivity (Wildman–Crippen MR) is 92.4 cm³/mol. The fourth-order valence-corrected chi connectivity index (χ4v) is 3.29. The number of nitrogens with one attached hydrogen (secondary N) is 2. The quantitative estimate of drug-likeness (QED) is 0.810. The molecule has 0 aromatic heterocycles. The summed E-state index contributed by atoms with van der Waals surface area (Å²) in [5.41, 5.74) is 1.16. The van der Waals surface area contributed by atoms with Crippen LogP contribution in [0.25, 0.3) is 0 Å². The second-order valence-electron chi connectivity index (χ2n) is 6.54. The molecular weight excluding hydrogens is 306 g/mol. The summed E-state index contributed by atoms with van der Waals surface area (Å²) in [6.07, 6.45) is 4.84. The van der Waals surface area contributed by atoms with E-state index in [1.54, 1.807) is 18.2 Å². The normalized spacial score (nSPS) is 20.7. The Morgan fingerprint density at radius 2 is 2.29 bits per heavy atom. The van der Waals surface area contributed by atoms with Gasteiger partial charge in [0, 0.05) is 24.7 Å². The van der Waals surface area contributed by atoms with Crippen LogP contribution in [0.3, 0.4) is 0 Å². The van der Waals surface area contributed by atoms with Crippen molar-refractivity contribution in [1.29, 1.82) is 0 Å². The molecule has 2 aliphatic heterocycles. The van der Waals surface area contributed by atoms with E-state index in [-0.39, 0.29) is 18.4 Å². The van der Waals surface area contributed by atoms with Crippen LogP contribution in [0.2, 0.25) is 0 Å². The van der Waals surface area contributed by atoms with Gasteiger partial charge in [-0.3, -0.25) is 9.59 Å². The lowest BCUT2D eigenvalue weighted by Crippen LogP contribution is -2.39. The van der Waals surface area contributed by atoms with E-state index in [0.717, 1.165) is 13.0 Å². The van der Waals surface area contributed by atoms with Crippen molar-refractivity contribution < 1.29 is 14.3 Å². The molecule has 24 heavy (non-hydrogen) atoms. The second kappa shape index (κ2) is 7.66. The van der Waals surface area contributed by atoms with Gasteiger partial charge in [0.1, 0.15) is 5.75 Å². The molecule has 1 saturated heterocycles. The van der Waals surface area contributed by atoms with Gasteiger partial charge in [0.25, 0.3) is 11.8 Å². The average Bonchev–Trinajstić information content (AvgIpc) is 2.59. The first kappa shape index (κ1) is 16.8. The maximum absolute atomic E-state index is 12.2. The van der Waals surface area contributed by atoms with Crippen LogP contribution in [0.5, 0.6) is 5.75 Å². The van der Waals surface area contributed by atoms with E-state index >= 15 is 0 Å². The number of likely N-dealkylation sites (tertiary alicyclic amines) is 1. The smallest absolute Gasteiger partial charge is 0.262 e. The summed E-state index contributed by atoms with van der Waals surface area (Å²) in [7, 11) is 0. The number of ether oxygens (including phenoxy) is 1. The number of carbonyl (C=O) groups excluding carboxylic acids is 2. The maximum Gasteiger partial charge on any atom is 0.262 e. The topological polar surface area (TPSA) is 70.7 Å². The van der Waals surface area contributed by atoms with Gasteiger partial charge in [-0.25, -0.2) is 0 Å². The molecule has 2 N–H and O–H groups in total. The van der Waals surface area contributed by atoms with Crippen molar-refractivity contribution >= 4 is 17.5 Å². The van der Waals surface area contributed by atoms with Crippen molar-refractivity contribution in [2.24, 2.45) is 0 Å². The number of carbonyl (C=O) groups is 2. The molecule has 2 amide bonds. The first-order valence-corrected chi connectivity index (χ1v) is 8.72. The standard InChI is InChI=1S/C18H25N3O3/c1-13-5-2-3-9-21(13)10-4-8-19-18(23)14-6-7-15-16(11-14)24-12-17(22)20-15/h6-7,11,13H,2-5,8-10,12H2,1H3,(H,19,23)(H,20,22)/t13-/m1/s1. The van der Waals surface area contributed by atoms with Crippen LogP contribution < -0.4 is 15.4 Å². The molecule has 1 atom stereocenters. The summed E-state index contributed by atoms with van der Waals surface area (Å²) in [6.45, 7) is 5.14. The van der Waals surface area contributed by atoms with Crippen molar-refractivity contribution in [2.45, 2.75) is 38.6 Å². The number of hydrogen-bond acceptors (Lipinski definition) is 4. The van der Waals surface area contributed by atoms with Crippen molar-refractivity contribution in [1.82, 2.24) is 10.2 Å². The highest BCUT2D eigenvalue weighted by Crippen LogP contribution is 2.28. The summed E-state index contributed by atoms with van der Waals surface area (Å²) in [5, 5.41) is 5.68. The third-order valence-corrected chi connectivity index (χ3v) is 4.72. The summed E-state index contributed by atoms with van der Waals surface area (Å²) >= 11 is 0. The van der Waals surface area contributed by atoms with E-state index in [2.05, 4.69) is 22.5 Å². The fourth-order valence-electron chi connectivity index (χ4n) is 3.29. The van der Waals surface area contributed by atoms with E-state index in [1.807, 2.05) is 0 Å². The molecule has 0 unspecified atom stereocenters. The highest BCUT2D eigenvalue weighted by molar-refractivity contribution is 5.98. The highest BCUT2D eigenvalue weighted by Gasteiger charge is 2.19. The molecule has 0 aliphatic carbocycles. The van der Waals surface area contributed by atoms with Gasteiger partial charge in [0.2, 0.25) is 0 Å². The van der Waals surface area contributed by atoms with E-state index < -0.39 is 0 Å². The van der Waals surface area contributed by atoms with Gasteiger partial charge in [-0.05, 0) is 50.9 Å². The third-order valence-electron chi connectivity index (χ3n) is 4.72. The number of hydrogen-bond donors (Lipinski definition) is 2. The van der Waals surface area contributed by atoms with E-state index in [1.165, 1.54) is 25.8 Å². The van der Waals surface area contributed by atoms with Crippen molar-refractivity contribution in [3.8, 4) is 5.75 Å². The van der Waals surface area contributed by atoms with Crippen LogP contribution in [-0.2, 0) is 4.79 Å². The van der Waals surface area contributed by atoms with Crippen molar-refractivity contribution in [3.05, 3.63) is 23.8 Å². The molecule has 0 spiro atoms. The number of piperidine rings is 1. The minimum absolute atomic E-state index is 0.00785. The predicted octanol–water partition coefficient (Wildman–Crippen LogP) is 2.01. The Bertz CT molecular complexity index is 618. The zero-order valence-electron chi connectivity index (χ0n) is 14.1. The molecule has 0 bridgehead atoms. The first-order chi connectivity index (χ1) is 11.6. The molecule has 130 valence electrons. The zero-order chi connectivity index (χ0) is 16.9. The third kappa shape index (κ3) is 4.06. The summed E-state index contributed by atoms with van der Waals surface area (Å²) in [5.74, 6) is 0.265.